The molecule has 3 aliphatic rings. The third kappa shape index (κ3) is 3.14. The fourth-order valence-electron chi connectivity index (χ4n) is 5.27. The molecule has 0 aromatic heterocycles. The van der Waals surface area contributed by atoms with Gasteiger partial charge in [0, 0.05) is 23.0 Å². The molecule has 3 aromatic carbocycles. The highest BCUT2D eigenvalue weighted by molar-refractivity contribution is 9.10. The van der Waals surface area contributed by atoms with Crippen molar-refractivity contribution in [2.45, 2.75) is 25.1 Å². The van der Waals surface area contributed by atoms with Gasteiger partial charge in [-0.3, -0.25) is 4.79 Å². The Morgan fingerprint density at radius 2 is 2.00 bits per heavy atom. The van der Waals surface area contributed by atoms with Gasteiger partial charge in [-0.1, -0.05) is 33.6 Å². The maximum atomic E-state index is 14.2. The molecular weight excluding hydrogens is 506 g/mol. The van der Waals surface area contributed by atoms with E-state index < -0.39 is 5.72 Å². The third-order valence-corrected chi connectivity index (χ3v) is 7.39. The number of carbonyl (C=O) groups excluding carboxylic acids is 1. The minimum Gasteiger partial charge on any atom is -0.497 e. The van der Waals surface area contributed by atoms with Crippen molar-refractivity contribution >= 4 is 33.2 Å². The number of nitrogens with zero attached hydrogens (tertiary/aromatic N) is 3. The summed E-state index contributed by atoms with van der Waals surface area (Å²) in [6, 6.07) is 19.7. The molecule has 0 N–H and O–H groups in total. The molecule has 0 bridgehead atoms. The van der Waals surface area contributed by atoms with Crippen molar-refractivity contribution in [3.8, 4) is 11.5 Å². The molecule has 2 atom stereocenters. The first-order chi connectivity index (χ1) is 17.0. The number of rotatable bonds is 4. The van der Waals surface area contributed by atoms with Crippen molar-refractivity contribution in [1.82, 2.24) is 5.01 Å². The number of amides is 1. The molecule has 6 nitrogen and oxygen atoms in total. The van der Waals surface area contributed by atoms with Crippen LogP contribution in [0.4, 0.5) is 5.69 Å². The fourth-order valence-corrected chi connectivity index (χ4v) is 5.65. The van der Waals surface area contributed by atoms with Crippen LogP contribution in [0.5, 0.6) is 11.5 Å². The summed E-state index contributed by atoms with van der Waals surface area (Å²) >= 11 is 3.60. The highest BCUT2D eigenvalue weighted by Gasteiger charge is 2.63. The zero-order valence-corrected chi connectivity index (χ0v) is 21.1. The van der Waals surface area contributed by atoms with Crippen LogP contribution in [-0.2, 0) is 10.5 Å². The van der Waals surface area contributed by atoms with Gasteiger partial charge >= 0.3 is 5.72 Å². The predicted octanol–water partition coefficient (Wildman–Crippen LogP) is 5.70. The third-order valence-electron chi connectivity index (χ3n) is 6.90. The summed E-state index contributed by atoms with van der Waals surface area (Å²) < 4.78 is 13.0. The van der Waals surface area contributed by atoms with Crippen LogP contribution < -0.4 is 14.4 Å². The highest BCUT2D eigenvalue weighted by Crippen LogP contribution is 2.56. The predicted molar refractivity (Wildman–Crippen MR) is 139 cm³/mol. The SMILES string of the molecule is C=CCN1C(=O)[C@]2(Oc3ccc(Br)cc3[C@@H]3CC(c4ccc(OC)cc4)=NN32)c2cc(C)ccc21. The minimum atomic E-state index is -1.38. The second kappa shape index (κ2) is 7.99. The van der Waals surface area contributed by atoms with E-state index in [0.717, 1.165) is 43.9 Å². The Kier molecular flexibility index (Phi) is 5.00. The number of fused-ring (bicyclic) bond motifs is 6. The van der Waals surface area contributed by atoms with E-state index in [9.17, 15) is 4.79 Å². The Bertz CT molecular complexity index is 1400. The molecule has 3 aliphatic heterocycles. The van der Waals surface area contributed by atoms with Gasteiger partial charge in [-0.25, -0.2) is 5.01 Å². The van der Waals surface area contributed by atoms with E-state index >= 15 is 0 Å². The van der Waals surface area contributed by atoms with E-state index in [-0.39, 0.29) is 11.9 Å². The van der Waals surface area contributed by atoms with Gasteiger partial charge in [-0.2, -0.15) is 5.10 Å². The normalized spacial score (nSPS) is 21.9. The van der Waals surface area contributed by atoms with Crippen LogP contribution in [0.3, 0.4) is 0 Å². The van der Waals surface area contributed by atoms with Gasteiger partial charge in [0.05, 0.1) is 30.1 Å². The van der Waals surface area contributed by atoms with Gasteiger partial charge in [-0.05, 0) is 67.1 Å². The lowest BCUT2D eigenvalue weighted by molar-refractivity contribution is -0.163. The lowest BCUT2D eigenvalue weighted by Crippen LogP contribution is -2.57. The molecule has 3 heterocycles. The van der Waals surface area contributed by atoms with Crippen LogP contribution in [0.25, 0.3) is 0 Å². The summed E-state index contributed by atoms with van der Waals surface area (Å²) in [4.78, 5) is 15.9. The van der Waals surface area contributed by atoms with Gasteiger partial charge in [-0.15, -0.1) is 6.58 Å². The number of hydrogen-bond donors (Lipinski definition) is 0. The second-order valence-electron chi connectivity index (χ2n) is 8.99. The highest BCUT2D eigenvalue weighted by atomic mass is 79.9. The molecular formula is C28H24BrN3O3. The van der Waals surface area contributed by atoms with E-state index in [0.29, 0.717) is 18.7 Å². The number of aryl methyl sites for hydroxylation is 1. The molecule has 0 aliphatic carbocycles. The average Bonchev–Trinajstić information content (AvgIpc) is 3.41. The van der Waals surface area contributed by atoms with E-state index in [1.807, 2.05) is 66.5 Å². The van der Waals surface area contributed by atoms with E-state index in [4.69, 9.17) is 14.6 Å². The van der Waals surface area contributed by atoms with Crippen molar-refractivity contribution in [1.29, 1.82) is 0 Å². The number of ether oxygens (including phenoxy) is 2. The van der Waals surface area contributed by atoms with Crippen molar-refractivity contribution in [2.24, 2.45) is 5.10 Å². The lowest BCUT2D eigenvalue weighted by Gasteiger charge is -2.44. The van der Waals surface area contributed by atoms with Crippen molar-refractivity contribution in [3.63, 3.8) is 0 Å². The molecule has 176 valence electrons. The number of halogens is 1. The quantitative estimate of drug-likeness (QED) is 0.407. The summed E-state index contributed by atoms with van der Waals surface area (Å²) in [5, 5.41) is 6.95. The summed E-state index contributed by atoms with van der Waals surface area (Å²) in [5.74, 6) is 1.33. The lowest BCUT2D eigenvalue weighted by atomic mass is 9.92. The van der Waals surface area contributed by atoms with Gasteiger partial charge < -0.3 is 14.4 Å². The molecule has 0 saturated heterocycles. The molecule has 0 fully saturated rings. The average molecular weight is 530 g/mol. The van der Waals surface area contributed by atoms with E-state index in [1.165, 1.54) is 0 Å². The standard InChI is InChI=1S/C28H24BrN3O3/c1-4-13-31-24-11-5-17(2)14-22(24)28(27(31)33)32-25(21-15-19(29)8-12-26(21)35-28)16-23(30-32)18-6-9-20(34-3)10-7-18/h4-12,14-15,25H,1,13,16H2,2-3H3/t25-,28+/m0/s1. The van der Waals surface area contributed by atoms with Gasteiger partial charge in [0.25, 0.3) is 5.91 Å². The Labute approximate surface area is 212 Å². The van der Waals surface area contributed by atoms with Crippen molar-refractivity contribution in [2.75, 3.05) is 18.6 Å². The van der Waals surface area contributed by atoms with Gasteiger partial charge in [0.1, 0.15) is 11.5 Å². The minimum absolute atomic E-state index is 0.156. The maximum absolute atomic E-state index is 14.2. The number of benzene rings is 3. The number of methoxy groups -OCH3 is 1. The zero-order valence-electron chi connectivity index (χ0n) is 19.5. The molecule has 6 rings (SSSR count). The number of anilines is 1. The van der Waals surface area contributed by atoms with Crippen LogP contribution in [0.1, 0.15) is 34.7 Å². The van der Waals surface area contributed by atoms with Crippen molar-refractivity contribution in [3.05, 3.63) is 100 Å². The second-order valence-corrected chi connectivity index (χ2v) is 9.91. The Hall–Kier alpha value is -3.58. The molecule has 7 heteroatoms. The van der Waals surface area contributed by atoms with Crippen LogP contribution in [0, 0.1) is 6.92 Å². The summed E-state index contributed by atoms with van der Waals surface area (Å²) in [7, 11) is 1.65. The van der Waals surface area contributed by atoms with Crippen LogP contribution in [0.15, 0.2) is 82.9 Å². The fraction of sp³-hybridized carbons (Fsp3) is 0.214. The Balaban J connectivity index is 1.57. The van der Waals surface area contributed by atoms with E-state index in [2.05, 4.69) is 28.6 Å². The maximum Gasteiger partial charge on any atom is 0.306 e. The Morgan fingerprint density at radius 3 is 2.74 bits per heavy atom. The molecule has 35 heavy (non-hydrogen) atoms. The smallest absolute Gasteiger partial charge is 0.306 e. The summed E-state index contributed by atoms with van der Waals surface area (Å²) in [6.45, 7) is 6.28. The zero-order chi connectivity index (χ0) is 24.3. The molecule has 0 unspecified atom stereocenters. The number of hydrazone groups is 1. The number of carbonyl (C=O) groups is 1. The monoisotopic (exact) mass is 529 g/mol. The van der Waals surface area contributed by atoms with Gasteiger partial charge in [0.2, 0.25) is 0 Å². The first kappa shape index (κ1) is 21.9. The van der Waals surface area contributed by atoms with Gasteiger partial charge in [0.15, 0.2) is 0 Å². The largest absolute Gasteiger partial charge is 0.497 e. The molecule has 0 radical (unpaired) electrons. The summed E-state index contributed by atoms with van der Waals surface area (Å²) in [6.07, 6.45) is 2.39. The van der Waals surface area contributed by atoms with E-state index in [1.54, 1.807) is 18.1 Å². The molecule has 0 saturated carbocycles. The van der Waals surface area contributed by atoms with Crippen LogP contribution in [-0.4, -0.2) is 30.3 Å². The number of hydrogen-bond acceptors (Lipinski definition) is 5. The van der Waals surface area contributed by atoms with Crippen LogP contribution >= 0.6 is 15.9 Å². The first-order valence-electron chi connectivity index (χ1n) is 11.5. The van der Waals surface area contributed by atoms with Crippen molar-refractivity contribution < 1.29 is 14.3 Å². The Morgan fingerprint density at radius 1 is 1.20 bits per heavy atom. The van der Waals surface area contributed by atoms with Crippen LogP contribution in [0.2, 0.25) is 0 Å². The molecule has 1 amide bonds. The topological polar surface area (TPSA) is 54.4 Å². The molecule has 3 aromatic rings. The molecule has 1 spiro atoms. The first-order valence-corrected chi connectivity index (χ1v) is 12.3. The summed E-state index contributed by atoms with van der Waals surface area (Å²) in [5.41, 5.74) is 4.19.